The molecule has 0 saturated heterocycles. The van der Waals surface area contributed by atoms with E-state index < -0.39 is 11.8 Å². The maximum Gasteiger partial charge on any atom is 0.259 e. The van der Waals surface area contributed by atoms with E-state index in [1.165, 1.54) is 85.1 Å². The average Bonchev–Trinajstić information content (AvgIpc) is 2.74. The molecule has 6 heteroatoms. The van der Waals surface area contributed by atoms with Gasteiger partial charge in [-0.05, 0) is 59.7 Å². The highest BCUT2D eigenvalue weighted by atomic mass is 19.1. The number of halogens is 2. The average molecular weight is 390 g/mol. The Labute approximate surface area is 166 Å². The molecule has 0 radical (unpaired) electrons. The fraction of sp³-hybridized carbons (Fsp3) is 0. The Morgan fingerprint density at radius 2 is 1.21 bits per heavy atom. The number of anilines is 1. The SMILES string of the molecule is O=C(/C=C/c1ccc(F)cc1)N(C(=O)/C=C/c1ccc(F)cc1)c1ccccn1. The molecule has 0 N–H and O–H groups in total. The molecule has 1 heterocycles. The van der Waals surface area contributed by atoms with Crippen molar-refractivity contribution >= 4 is 29.8 Å². The van der Waals surface area contributed by atoms with Gasteiger partial charge in [0.05, 0.1) is 0 Å². The maximum absolute atomic E-state index is 13.0. The largest absolute Gasteiger partial charge is 0.269 e. The van der Waals surface area contributed by atoms with Gasteiger partial charge in [-0.25, -0.2) is 18.7 Å². The van der Waals surface area contributed by atoms with Crippen molar-refractivity contribution in [3.63, 3.8) is 0 Å². The quantitative estimate of drug-likeness (QED) is 0.596. The summed E-state index contributed by atoms with van der Waals surface area (Å²) in [5.74, 6) is -1.83. The summed E-state index contributed by atoms with van der Waals surface area (Å²) in [5, 5.41) is 0. The van der Waals surface area contributed by atoms with Crippen LogP contribution in [0.3, 0.4) is 0 Å². The van der Waals surface area contributed by atoms with Gasteiger partial charge in [0.15, 0.2) is 0 Å². The molecule has 0 aliphatic heterocycles. The lowest BCUT2D eigenvalue weighted by atomic mass is 10.2. The molecular weight excluding hydrogens is 374 g/mol. The van der Waals surface area contributed by atoms with Crippen molar-refractivity contribution in [2.24, 2.45) is 0 Å². The first-order valence-electron chi connectivity index (χ1n) is 8.69. The van der Waals surface area contributed by atoms with Gasteiger partial charge in [-0.15, -0.1) is 0 Å². The number of pyridine rings is 1. The van der Waals surface area contributed by atoms with Crippen molar-refractivity contribution in [3.05, 3.63) is 108 Å². The summed E-state index contributed by atoms with van der Waals surface area (Å²) in [7, 11) is 0. The summed E-state index contributed by atoms with van der Waals surface area (Å²) in [4.78, 5) is 30.4. The van der Waals surface area contributed by atoms with E-state index in [-0.39, 0.29) is 17.5 Å². The van der Waals surface area contributed by atoms with Crippen LogP contribution in [-0.2, 0) is 9.59 Å². The summed E-state index contributed by atoms with van der Waals surface area (Å²) in [6, 6.07) is 16.0. The third-order valence-electron chi connectivity index (χ3n) is 3.90. The molecule has 2 amide bonds. The molecule has 0 bridgehead atoms. The topological polar surface area (TPSA) is 50.3 Å². The summed E-state index contributed by atoms with van der Waals surface area (Å²) >= 11 is 0. The van der Waals surface area contributed by atoms with Crippen LogP contribution in [0.2, 0.25) is 0 Å². The van der Waals surface area contributed by atoms with Crippen LogP contribution in [0, 0.1) is 11.6 Å². The van der Waals surface area contributed by atoms with E-state index in [0.29, 0.717) is 11.1 Å². The number of carbonyl (C=O) groups is 2. The summed E-state index contributed by atoms with van der Waals surface area (Å²) in [6.07, 6.45) is 6.86. The first kappa shape index (κ1) is 19.8. The van der Waals surface area contributed by atoms with Crippen LogP contribution in [0.5, 0.6) is 0 Å². The monoisotopic (exact) mass is 390 g/mol. The van der Waals surface area contributed by atoms with Gasteiger partial charge in [0, 0.05) is 18.3 Å². The molecule has 3 rings (SSSR count). The van der Waals surface area contributed by atoms with Crippen LogP contribution >= 0.6 is 0 Å². The highest BCUT2D eigenvalue weighted by Crippen LogP contribution is 2.14. The van der Waals surface area contributed by atoms with Crippen molar-refractivity contribution in [1.82, 2.24) is 4.98 Å². The fourth-order valence-electron chi connectivity index (χ4n) is 2.45. The van der Waals surface area contributed by atoms with Crippen molar-refractivity contribution in [1.29, 1.82) is 0 Å². The minimum Gasteiger partial charge on any atom is -0.269 e. The normalized spacial score (nSPS) is 11.1. The Bertz CT molecular complexity index is 977. The van der Waals surface area contributed by atoms with Crippen LogP contribution in [-0.4, -0.2) is 16.8 Å². The first-order valence-corrected chi connectivity index (χ1v) is 8.69. The van der Waals surface area contributed by atoms with Crippen LogP contribution in [0.1, 0.15) is 11.1 Å². The van der Waals surface area contributed by atoms with Gasteiger partial charge < -0.3 is 0 Å². The van der Waals surface area contributed by atoms with Gasteiger partial charge in [0.1, 0.15) is 17.5 Å². The molecule has 29 heavy (non-hydrogen) atoms. The summed E-state index contributed by atoms with van der Waals surface area (Å²) < 4.78 is 26.0. The number of carbonyl (C=O) groups excluding carboxylic acids is 2. The van der Waals surface area contributed by atoms with Gasteiger partial charge in [-0.2, -0.15) is 0 Å². The number of hydrogen-bond donors (Lipinski definition) is 0. The van der Waals surface area contributed by atoms with Crippen molar-refractivity contribution in [2.45, 2.75) is 0 Å². The Hall–Kier alpha value is -3.93. The molecule has 0 unspecified atom stereocenters. The van der Waals surface area contributed by atoms with E-state index in [0.717, 1.165) is 4.90 Å². The second-order valence-corrected chi connectivity index (χ2v) is 5.97. The van der Waals surface area contributed by atoms with E-state index >= 15 is 0 Å². The molecule has 0 aliphatic carbocycles. The van der Waals surface area contributed by atoms with Crippen molar-refractivity contribution in [2.75, 3.05) is 4.90 Å². The number of imide groups is 1. The molecule has 2 aromatic carbocycles. The molecule has 0 saturated carbocycles. The van der Waals surface area contributed by atoms with Crippen molar-refractivity contribution < 1.29 is 18.4 Å². The second-order valence-electron chi connectivity index (χ2n) is 5.97. The van der Waals surface area contributed by atoms with Gasteiger partial charge in [0.25, 0.3) is 11.8 Å². The van der Waals surface area contributed by atoms with Crippen LogP contribution in [0.4, 0.5) is 14.6 Å². The minimum atomic E-state index is -0.609. The van der Waals surface area contributed by atoms with E-state index in [1.807, 2.05) is 0 Å². The highest BCUT2D eigenvalue weighted by Gasteiger charge is 2.20. The van der Waals surface area contributed by atoms with Crippen LogP contribution in [0.15, 0.2) is 85.1 Å². The first-order chi connectivity index (χ1) is 14.0. The predicted molar refractivity (Wildman–Crippen MR) is 108 cm³/mol. The third kappa shape index (κ3) is 5.52. The third-order valence-corrected chi connectivity index (χ3v) is 3.90. The Morgan fingerprint density at radius 3 is 1.62 bits per heavy atom. The Balaban J connectivity index is 1.84. The lowest BCUT2D eigenvalue weighted by Gasteiger charge is -2.16. The second kappa shape index (κ2) is 9.32. The Kier molecular flexibility index (Phi) is 6.37. The number of nitrogens with zero attached hydrogens (tertiary/aromatic N) is 2. The van der Waals surface area contributed by atoms with E-state index in [2.05, 4.69) is 4.98 Å². The molecule has 1 aromatic heterocycles. The highest BCUT2D eigenvalue weighted by molar-refractivity contribution is 6.23. The van der Waals surface area contributed by atoms with Gasteiger partial charge in [0.2, 0.25) is 0 Å². The maximum atomic E-state index is 13.0. The number of amides is 2. The standard InChI is InChI=1S/C23H16F2N2O2/c24-19-10-4-17(5-11-19)8-14-22(28)27(21-3-1-2-16-26-21)23(29)15-9-18-6-12-20(25)13-7-18/h1-16H/b14-8+,15-9+. The predicted octanol–water partition coefficient (Wildman–Crippen LogP) is 4.65. The molecule has 0 aliphatic rings. The van der Waals surface area contributed by atoms with Gasteiger partial charge in [-0.3, -0.25) is 9.59 Å². The zero-order chi connectivity index (χ0) is 20.6. The van der Waals surface area contributed by atoms with E-state index in [1.54, 1.807) is 12.1 Å². The van der Waals surface area contributed by atoms with Crippen molar-refractivity contribution in [3.8, 4) is 0 Å². The van der Waals surface area contributed by atoms with E-state index in [9.17, 15) is 18.4 Å². The number of benzene rings is 2. The molecule has 3 aromatic rings. The molecule has 4 nitrogen and oxygen atoms in total. The number of hydrogen-bond acceptors (Lipinski definition) is 3. The molecule has 0 spiro atoms. The number of rotatable bonds is 5. The van der Waals surface area contributed by atoms with Crippen LogP contribution < -0.4 is 4.90 Å². The smallest absolute Gasteiger partial charge is 0.259 e. The van der Waals surface area contributed by atoms with Crippen LogP contribution in [0.25, 0.3) is 12.2 Å². The zero-order valence-corrected chi connectivity index (χ0v) is 15.2. The zero-order valence-electron chi connectivity index (χ0n) is 15.2. The lowest BCUT2D eigenvalue weighted by Crippen LogP contribution is -2.35. The lowest BCUT2D eigenvalue weighted by molar-refractivity contribution is -0.121. The summed E-state index contributed by atoms with van der Waals surface area (Å²) in [6.45, 7) is 0. The molecule has 0 fully saturated rings. The van der Waals surface area contributed by atoms with Gasteiger partial charge >= 0.3 is 0 Å². The summed E-state index contributed by atoms with van der Waals surface area (Å²) in [5.41, 5.74) is 1.21. The minimum absolute atomic E-state index is 0.162. The molecular formula is C23H16F2N2O2. The van der Waals surface area contributed by atoms with E-state index in [4.69, 9.17) is 0 Å². The fourth-order valence-corrected chi connectivity index (χ4v) is 2.45. The molecule has 144 valence electrons. The Morgan fingerprint density at radius 1 is 0.724 bits per heavy atom. The van der Waals surface area contributed by atoms with Gasteiger partial charge in [-0.1, -0.05) is 30.3 Å². The number of aromatic nitrogens is 1. The molecule has 0 atom stereocenters.